The maximum atomic E-state index is 12.3. The van der Waals surface area contributed by atoms with E-state index in [1.807, 2.05) is 13.8 Å². The van der Waals surface area contributed by atoms with Crippen molar-refractivity contribution in [2.24, 2.45) is 29.6 Å². The zero-order valence-corrected chi connectivity index (χ0v) is 26.1. The molecule has 0 aromatic carbocycles. The van der Waals surface area contributed by atoms with Gasteiger partial charge in [-0.1, -0.05) is 12.8 Å². The number of ether oxygens (including phenoxy) is 6. The molecule has 1 N–H and O–H groups in total. The van der Waals surface area contributed by atoms with Gasteiger partial charge in [0.05, 0.1) is 64.2 Å². The Hall–Kier alpha value is -2.40. The Kier molecular flexibility index (Phi) is 13.4. The van der Waals surface area contributed by atoms with Crippen LogP contribution >= 0.6 is 0 Å². The minimum atomic E-state index is -0.658. The molecule has 2 aliphatic carbocycles. The summed E-state index contributed by atoms with van der Waals surface area (Å²) in [6, 6.07) is -0.658. The van der Waals surface area contributed by atoms with Crippen molar-refractivity contribution in [1.29, 1.82) is 0 Å². The lowest BCUT2D eigenvalue weighted by Crippen LogP contribution is -2.53. The lowest BCUT2D eigenvalue weighted by Gasteiger charge is -2.40. The fourth-order valence-electron chi connectivity index (χ4n) is 7.58. The van der Waals surface area contributed by atoms with Crippen LogP contribution in [0.25, 0.3) is 0 Å². The minimum absolute atomic E-state index is 0.0411. The molecule has 2 unspecified atom stereocenters. The number of carbonyl (C=O) groups excluding carboxylic acids is 4. The number of hydrogen-bond acceptors (Lipinski definition) is 10. The van der Waals surface area contributed by atoms with Gasteiger partial charge in [0, 0.05) is 0 Å². The average Bonchev–Trinajstić information content (AvgIpc) is 3.63. The monoisotopic (exact) mass is 597 g/mol. The molecule has 0 radical (unpaired) electrons. The van der Waals surface area contributed by atoms with E-state index in [-0.39, 0.29) is 60.6 Å². The van der Waals surface area contributed by atoms with Crippen molar-refractivity contribution >= 4 is 24.0 Å². The predicted octanol–water partition coefficient (Wildman–Crippen LogP) is 4.19. The Morgan fingerprint density at radius 2 is 1.29 bits per heavy atom. The van der Waals surface area contributed by atoms with E-state index in [1.54, 1.807) is 13.8 Å². The molecule has 2 aliphatic heterocycles. The molecule has 42 heavy (non-hydrogen) atoms. The Morgan fingerprint density at radius 3 is 1.81 bits per heavy atom. The number of alkyl carbamates (subject to hydrolysis) is 1. The van der Waals surface area contributed by atoms with Gasteiger partial charge in [0.15, 0.2) is 0 Å². The topological polar surface area (TPSA) is 136 Å². The highest BCUT2D eigenvalue weighted by molar-refractivity contribution is 5.82. The molecule has 2 heterocycles. The number of methoxy groups -OCH3 is 2. The van der Waals surface area contributed by atoms with Gasteiger partial charge in [-0.2, -0.15) is 0 Å². The molecule has 11 nitrogen and oxygen atoms in total. The maximum Gasteiger partial charge on any atom is 0.407 e. The van der Waals surface area contributed by atoms with Crippen LogP contribution in [0.1, 0.15) is 85.5 Å². The molecule has 0 spiro atoms. The number of carbonyl (C=O) groups is 4. The van der Waals surface area contributed by atoms with Crippen molar-refractivity contribution in [1.82, 2.24) is 5.32 Å². The quantitative estimate of drug-likeness (QED) is 0.304. The lowest BCUT2D eigenvalue weighted by molar-refractivity contribution is -0.163. The summed E-state index contributed by atoms with van der Waals surface area (Å²) in [7, 11) is 2.65. The largest absolute Gasteiger partial charge is 0.469 e. The van der Waals surface area contributed by atoms with Crippen LogP contribution in [0.15, 0.2) is 0 Å². The third-order valence-electron chi connectivity index (χ3n) is 9.28. The first kappa shape index (κ1) is 34.1. The van der Waals surface area contributed by atoms with Crippen LogP contribution in [-0.4, -0.2) is 81.9 Å². The molecule has 4 rings (SSSR count). The first-order chi connectivity index (χ1) is 20.1. The average molecular weight is 598 g/mol. The lowest BCUT2D eigenvalue weighted by atomic mass is 9.73. The van der Waals surface area contributed by atoms with Crippen LogP contribution in [0.5, 0.6) is 0 Å². The van der Waals surface area contributed by atoms with Gasteiger partial charge in [0.25, 0.3) is 0 Å². The third kappa shape index (κ3) is 8.81. The summed E-state index contributed by atoms with van der Waals surface area (Å²) in [6.45, 7) is 8.24. The second-order valence-corrected chi connectivity index (χ2v) is 12.0. The summed E-state index contributed by atoms with van der Waals surface area (Å²) in [5.74, 6) is -0.553. The molecule has 4 aliphatic rings. The Bertz CT molecular complexity index is 840. The van der Waals surface area contributed by atoms with Gasteiger partial charge in [-0.25, -0.2) is 9.59 Å². The number of esters is 3. The first-order valence-electron chi connectivity index (χ1n) is 15.7. The fraction of sp³-hybridized carbons (Fsp3) is 0.871. The van der Waals surface area contributed by atoms with E-state index in [9.17, 15) is 19.2 Å². The number of rotatable bonds is 9. The van der Waals surface area contributed by atoms with Gasteiger partial charge < -0.3 is 33.7 Å². The number of nitrogens with one attached hydrogen (secondary N) is 1. The van der Waals surface area contributed by atoms with Gasteiger partial charge >= 0.3 is 24.0 Å². The standard InChI is InChI=1S/C16H26O5.C15H25NO5/c1-4-20-16(18)13(9-15(17)19-3)12-8-10(2)21-14-7-5-6-11(12)14;1-4-20-14(17)13(16-15(18)19-3)11-8-9(2)21-12-7-5-6-10(11)12/h10-14H,4-9H2,1-3H3;9-13H,4-8H2,1-3H3,(H,16,18)/t10-,11+,12?,13+,14+;9-,10+,11?,12+,13+/m11/s1. The Morgan fingerprint density at radius 1 is 0.762 bits per heavy atom. The number of amides is 1. The van der Waals surface area contributed by atoms with E-state index in [2.05, 4.69) is 10.1 Å². The molecule has 0 bridgehead atoms. The number of fused-ring (bicyclic) bond motifs is 2. The third-order valence-corrected chi connectivity index (χ3v) is 9.28. The van der Waals surface area contributed by atoms with Crippen molar-refractivity contribution in [3.63, 3.8) is 0 Å². The SMILES string of the molecule is CCOC(=O)[C@@H](CC(=O)OC)C1C[C@@H](C)O[C@H]2CCC[C@@H]12.CCOC(=O)[C@@H](NC(=O)OC)C1C[C@@H](C)O[C@H]2CCC[C@@H]12. The van der Waals surface area contributed by atoms with E-state index in [1.165, 1.54) is 14.2 Å². The van der Waals surface area contributed by atoms with Gasteiger partial charge in [0.1, 0.15) is 6.04 Å². The van der Waals surface area contributed by atoms with Crippen LogP contribution in [0.2, 0.25) is 0 Å². The Labute approximate surface area is 250 Å². The van der Waals surface area contributed by atoms with Crippen molar-refractivity contribution in [2.75, 3.05) is 27.4 Å². The predicted molar refractivity (Wildman–Crippen MR) is 152 cm³/mol. The van der Waals surface area contributed by atoms with Crippen molar-refractivity contribution in [3.05, 3.63) is 0 Å². The normalized spacial score (nSPS) is 33.0. The molecule has 11 heteroatoms. The van der Waals surface area contributed by atoms with E-state index >= 15 is 0 Å². The van der Waals surface area contributed by atoms with Crippen LogP contribution < -0.4 is 5.32 Å². The van der Waals surface area contributed by atoms with Crippen LogP contribution in [-0.2, 0) is 42.8 Å². The summed E-state index contributed by atoms with van der Waals surface area (Å²) < 4.78 is 31.7. The maximum absolute atomic E-state index is 12.3. The van der Waals surface area contributed by atoms with Crippen LogP contribution in [0, 0.1) is 29.6 Å². The molecular formula is C31H51NO10. The molecule has 0 aromatic heterocycles. The highest BCUT2D eigenvalue weighted by Crippen LogP contribution is 2.46. The summed E-state index contributed by atoms with van der Waals surface area (Å²) >= 11 is 0. The molecule has 240 valence electrons. The molecule has 4 fully saturated rings. The molecule has 1 amide bonds. The van der Waals surface area contributed by atoms with Gasteiger partial charge in [-0.15, -0.1) is 0 Å². The van der Waals surface area contributed by atoms with E-state index in [0.717, 1.165) is 51.4 Å². The highest BCUT2D eigenvalue weighted by atomic mass is 16.6. The fourth-order valence-corrected chi connectivity index (χ4v) is 7.58. The van der Waals surface area contributed by atoms with Gasteiger partial charge in [0.2, 0.25) is 0 Å². The molecule has 2 saturated heterocycles. The second kappa shape index (κ2) is 16.4. The van der Waals surface area contributed by atoms with Crippen molar-refractivity contribution < 1.29 is 47.6 Å². The molecule has 10 atom stereocenters. The second-order valence-electron chi connectivity index (χ2n) is 12.0. The number of hydrogen-bond donors (Lipinski definition) is 1. The highest BCUT2D eigenvalue weighted by Gasteiger charge is 2.47. The molecular weight excluding hydrogens is 546 g/mol. The van der Waals surface area contributed by atoms with E-state index in [0.29, 0.717) is 25.0 Å². The van der Waals surface area contributed by atoms with E-state index < -0.39 is 18.1 Å². The van der Waals surface area contributed by atoms with Crippen LogP contribution in [0.4, 0.5) is 4.79 Å². The summed E-state index contributed by atoms with van der Waals surface area (Å²) in [6.07, 6.45) is 8.11. The van der Waals surface area contributed by atoms with Crippen molar-refractivity contribution in [3.8, 4) is 0 Å². The minimum Gasteiger partial charge on any atom is -0.469 e. The first-order valence-corrected chi connectivity index (χ1v) is 15.7. The molecule has 2 saturated carbocycles. The Balaban J connectivity index is 0.000000230. The van der Waals surface area contributed by atoms with Gasteiger partial charge in [-0.3, -0.25) is 9.59 Å². The summed E-state index contributed by atoms with van der Waals surface area (Å²) in [5.41, 5.74) is 0. The smallest absolute Gasteiger partial charge is 0.407 e. The molecule has 0 aromatic rings. The van der Waals surface area contributed by atoms with E-state index in [4.69, 9.17) is 23.7 Å². The summed E-state index contributed by atoms with van der Waals surface area (Å²) in [5, 5.41) is 2.66. The summed E-state index contributed by atoms with van der Waals surface area (Å²) in [4.78, 5) is 47.8. The van der Waals surface area contributed by atoms with Crippen LogP contribution in [0.3, 0.4) is 0 Å². The van der Waals surface area contributed by atoms with Gasteiger partial charge in [-0.05, 0) is 89.9 Å². The van der Waals surface area contributed by atoms with Crippen molar-refractivity contribution in [2.45, 2.75) is 116 Å². The zero-order valence-electron chi connectivity index (χ0n) is 26.1. The zero-order chi connectivity index (χ0) is 30.8.